The van der Waals surface area contributed by atoms with Gasteiger partial charge >= 0.3 is 0 Å². The van der Waals surface area contributed by atoms with Crippen LogP contribution in [0.2, 0.25) is 0 Å². The van der Waals surface area contributed by atoms with Crippen LogP contribution in [0.15, 0.2) is 36.7 Å². The molecule has 0 spiro atoms. The maximum Gasteiger partial charge on any atom is 0.202 e. The van der Waals surface area contributed by atoms with Gasteiger partial charge < -0.3 is 9.47 Å². The highest BCUT2D eigenvalue weighted by Crippen LogP contribution is 2.20. The van der Waals surface area contributed by atoms with Gasteiger partial charge in [0.25, 0.3) is 0 Å². The monoisotopic (exact) mass is 315 g/mol. The SMILES string of the molecule is Cn1ccnc1C(=O)C1CCCN(CCc2cccc(F)c2)C1. The number of imidazole rings is 1. The average molecular weight is 315 g/mol. The largest absolute Gasteiger partial charge is 0.332 e. The quantitative estimate of drug-likeness (QED) is 0.796. The number of aryl methyl sites for hydroxylation is 1. The second-order valence-corrected chi connectivity index (χ2v) is 6.25. The number of piperidine rings is 1. The van der Waals surface area contributed by atoms with E-state index in [9.17, 15) is 9.18 Å². The molecule has 1 saturated heterocycles. The molecule has 2 heterocycles. The minimum Gasteiger partial charge on any atom is -0.332 e. The zero-order valence-electron chi connectivity index (χ0n) is 13.4. The summed E-state index contributed by atoms with van der Waals surface area (Å²) in [7, 11) is 1.85. The molecule has 1 aromatic heterocycles. The third-order valence-electron chi connectivity index (χ3n) is 4.52. The van der Waals surface area contributed by atoms with E-state index in [0.29, 0.717) is 5.82 Å². The van der Waals surface area contributed by atoms with Crippen LogP contribution >= 0.6 is 0 Å². The van der Waals surface area contributed by atoms with E-state index in [4.69, 9.17) is 0 Å². The van der Waals surface area contributed by atoms with Gasteiger partial charge in [-0.1, -0.05) is 12.1 Å². The number of Topliss-reactive ketones (excluding diaryl/α,β-unsaturated/α-hetero) is 1. The molecule has 23 heavy (non-hydrogen) atoms. The van der Waals surface area contributed by atoms with Gasteiger partial charge in [0.15, 0.2) is 5.82 Å². The number of rotatable bonds is 5. The lowest BCUT2D eigenvalue weighted by molar-refractivity contribution is 0.0807. The van der Waals surface area contributed by atoms with Crippen LogP contribution in [0.3, 0.4) is 0 Å². The molecule has 4 nitrogen and oxygen atoms in total. The van der Waals surface area contributed by atoms with Crippen molar-refractivity contribution in [3.8, 4) is 0 Å². The predicted molar refractivity (Wildman–Crippen MR) is 86.8 cm³/mol. The molecule has 1 aromatic carbocycles. The standard InChI is InChI=1S/C18H22FN3O/c1-21-11-8-20-18(21)17(23)15-5-3-9-22(13-15)10-7-14-4-2-6-16(19)12-14/h2,4,6,8,11-12,15H,3,5,7,9-10,13H2,1H3. The van der Waals surface area contributed by atoms with E-state index >= 15 is 0 Å². The van der Waals surface area contributed by atoms with Crippen molar-refractivity contribution in [1.82, 2.24) is 14.5 Å². The molecule has 1 aliphatic heterocycles. The zero-order valence-corrected chi connectivity index (χ0v) is 13.4. The van der Waals surface area contributed by atoms with Crippen LogP contribution in [0, 0.1) is 11.7 Å². The maximum atomic E-state index is 13.2. The fourth-order valence-electron chi connectivity index (χ4n) is 3.24. The van der Waals surface area contributed by atoms with Crippen LogP contribution < -0.4 is 0 Å². The molecular weight excluding hydrogens is 293 g/mol. The van der Waals surface area contributed by atoms with Gasteiger partial charge in [-0.2, -0.15) is 0 Å². The van der Waals surface area contributed by atoms with Gasteiger partial charge in [-0.3, -0.25) is 4.79 Å². The Kier molecular flexibility index (Phi) is 4.86. The highest BCUT2D eigenvalue weighted by Gasteiger charge is 2.28. The number of carbonyl (C=O) groups excluding carboxylic acids is 1. The summed E-state index contributed by atoms with van der Waals surface area (Å²) in [5.74, 6) is 0.497. The second kappa shape index (κ2) is 7.04. The summed E-state index contributed by atoms with van der Waals surface area (Å²) < 4.78 is 15.0. The summed E-state index contributed by atoms with van der Waals surface area (Å²) in [4.78, 5) is 19.1. The minimum atomic E-state index is -0.191. The molecule has 1 aliphatic rings. The summed E-state index contributed by atoms with van der Waals surface area (Å²) >= 11 is 0. The molecule has 0 aliphatic carbocycles. The van der Waals surface area contributed by atoms with Crippen molar-refractivity contribution in [2.24, 2.45) is 13.0 Å². The number of hydrogen-bond acceptors (Lipinski definition) is 3. The van der Waals surface area contributed by atoms with Crippen molar-refractivity contribution in [2.75, 3.05) is 19.6 Å². The van der Waals surface area contributed by atoms with Gasteiger partial charge in [-0.15, -0.1) is 0 Å². The first-order valence-electron chi connectivity index (χ1n) is 8.12. The number of ketones is 1. The number of aromatic nitrogens is 2. The van der Waals surface area contributed by atoms with Crippen molar-refractivity contribution < 1.29 is 9.18 Å². The zero-order chi connectivity index (χ0) is 16.2. The van der Waals surface area contributed by atoms with Gasteiger partial charge in [0.2, 0.25) is 5.78 Å². The lowest BCUT2D eigenvalue weighted by Gasteiger charge is -2.31. The molecule has 0 saturated carbocycles. The van der Waals surface area contributed by atoms with Crippen molar-refractivity contribution in [1.29, 1.82) is 0 Å². The van der Waals surface area contributed by atoms with Crippen LogP contribution in [0.1, 0.15) is 29.0 Å². The van der Waals surface area contributed by atoms with E-state index in [0.717, 1.165) is 44.5 Å². The average Bonchev–Trinajstić information content (AvgIpc) is 2.99. The highest BCUT2D eigenvalue weighted by atomic mass is 19.1. The van der Waals surface area contributed by atoms with Crippen molar-refractivity contribution in [3.05, 3.63) is 53.9 Å². The third-order valence-corrected chi connectivity index (χ3v) is 4.52. The Balaban J connectivity index is 1.58. The van der Waals surface area contributed by atoms with E-state index < -0.39 is 0 Å². The molecule has 0 bridgehead atoms. The molecule has 0 amide bonds. The van der Waals surface area contributed by atoms with Crippen LogP contribution in [0.4, 0.5) is 4.39 Å². The van der Waals surface area contributed by atoms with Crippen LogP contribution in [-0.4, -0.2) is 39.9 Å². The topological polar surface area (TPSA) is 38.1 Å². The highest BCUT2D eigenvalue weighted by molar-refractivity contribution is 5.94. The predicted octanol–water partition coefficient (Wildman–Crippen LogP) is 2.70. The maximum absolute atomic E-state index is 13.2. The van der Waals surface area contributed by atoms with Crippen LogP contribution in [-0.2, 0) is 13.5 Å². The lowest BCUT2D eigenvalue weighted by atomic mass is 9.93. The smallest absolute Gasteiger partial charge is 0.202 e. The number of likely N-dealkylation sites (tertiary alicyclic amines) is 1. The Bertz CT molecular complexity index is 682. The molecule has 2 aromatic rings. The first kappa shape index (κ1) is 15.9. The summed E-state index contributed by atoms with van der Waals surface area (Å²) in [5.41, 5.74) is 1.00. The summed E-state index contributed by atoms with van der Waals surface area (Å²) in [6.45, 7) is 2.62. The Morgan fingerprint density at radius 2 is 2.30 bits per heavy atom. The Morgan fingerprint density at radius 1 is 1.43 bits per heavy atom. The number of halogens is 1. The normalized spacial score (nSPS) is 19.0. The summed E-state index contributed by atoms with van der Waals surface area (Å²) in [6, 6.07) is 6.74. The van der Waals surface area contributed by atoms with Gasteiger partial charge in [-0.25, -0.2) is 9.37 Å². The first-order chi connectivity index (χ1) is 11.1. The molecule has 0 radical (unpaired) electrons. The van der Waals surface area contributed by atoms with E-state index in [1.807, 2.05) is 13.1 Å². The third kappa shape index (κ3) is 3.85. The summed E-state index contributed by atoms with van der Waals surface area (Å²) in [5, 5.41) is 0. The molecular formula is C18H22FN3O. The molecule has 3 rings (SSSR count). The first-order valence-corrected chi connectivity index (χ1v) is 8.12. The number of benzene rings is 1. The van der Waals surface area contributed by atoms with E-state index in [1.165, 1.54) is 6.07 Å². The fraction of sp³-hybridized carbons (Fsp3) is 0.444. The van der Waals surface area contributed by atoms with Gasteiger partial charge in [0.05, 0.1) is 0 Å². The van der Waals surface area contributed by atoms with Crippen molar-refractivity contribution in [3.63, 3.8) is 0 Å². The molecule has 5 heteroatoms. The van der Waals surface area contributed by atoms with Crippen LogP contribution in [0.25, 0.3) is 0 Å². The molecule has 122 valence electrons. The molecule has 1 fully saturated rings. The summed E-state index contributed by atoms with van der Waals surface area (Å²) in [6.07, 6.45) is 6.21. The van der Waals surface area contributed by atoms with E-state index in [1.54, 1.807) is 29.1 Å². The van der Waals surface area contributed by atoms with Crippen molar-refractivity contribution >= 4 is 5.78 Å². The number of carbonyl (C=O) groups is 1. The molecule has 1 unspecified atom stereocenters. The van der Waals surface area contributed by atoms with Gasteiger partial charge in [-0.05, 0) is 43.5 Å². The molecule has 0 N–H and O–H groups in total. The van der Waals surface area contributed by atoms with Crippen LogP contribution in [0.5, 0.6) is 0 Å². The van der Waals surface area contributed by atoms with E-state index in [-0.39, 0.29) is 17.5 Å². The lowest BCUT2D eigenvalue weighted by Crippen LogP contribution is -2.40. The Labute approximate surface area is 135 Å². The second-order valence-electron chi connectivity index (χ2n) is 6.25. The molecule has 1 atom stereocenters. The van der Waals surface area contributed by atoms with Crippen molar-refractivity contribution in [2.45, 2.75) is 19.3 Å². The fourth-order valence-corrected chi connectivity index (χ4v) is 3.24. The number of nitrogens with zero attached hydrogens (tertiary/aromatic N) is 3. The minimum absolute atomic E-state index is 0.0114. The Morgan fingerprint density at radius 3 is 3.04 bits per heavy atom. The number of hydrogen-bond donors (Lipinski definition) is 0. The Hall–Kier alpha value is -2.01. The van der Waals surface area contributed by atoms with Gasteiger partial charge in [0, 0.05) is 38.4 Å². The van der Waals surface area contributed by atoms with E-state index in [2.05, 4.69) is 9.88 Å². The van der Waals surface area contributed by atoms with Gasteiger partial charge in [0.1, 0.15) is 5.82 Å².